The fourth-order valence-corrected chi connectivity index (χ4v) is 4.45. The number of carbonyl (C=O) groups is 2. The molecule has 9 heteroatoms. The van der Waals surface area contributed by atoms with Crippen molar-refractivity contribution < 1.29 is 14.3 Å². The minimum atomic E-state index is -0.658. The van der Waals surface area contributed by atoms with Gasteiger partial charge in [0.1, 0.15) is 27.3 Å². The number of para-hydroxylation sites is 2. The first-order valence-electron chi connectivity index (χ1n) is 9.72. The number of hydrogen-bond acceptors (Lipinski definition) is 9. The van der Waals surface area contributed by atoms with Gasteiger partial charge in [-0.25, -0.2) is 9.78 Å². The number of carbonyl (C=O) groups excluding carboxylic acids is 2. The van der Waals surface area contributed by atoms with Gasteiger partial charge in [0.05, 0.1) is 22.8 Å². The van der Waals surface area contributed by atoms with Crippen LogP contribution in [-0.2, 0) is 9.53 Å². The number of nitrogens with zero attached hydrogens (tertiary/aromatic N) is 5. The van der Waals surface area contributed by atoms with E-state index in [1.165, 1.54) is 0 Å². The molecule has 160 valence electrons. The number of pyridine rings is 1. The Hall–Kier alpha value is -4.03. The minimum absolute atomic E-state index is 0.0748. The summed E-state index contributed by atoms with van der Waals surface area (Å²) in [4.78, 5) is 37.9. The van der Waals surface area contributed by atoms with Crippen molar-refractivity contribution in [3.8, 4) is 16.8 Å². The van der Waals surface area contributed by atoms with E-state index in [0.29, 0.717) is 27.1 Å². The van der Waals surface area contributed by atoms with Gasteiger partial charge in [-0.05, 0) is 31.2 Å². The Morgan fingerprint density at radius 1 is 1.09 bits per heavy atom. The summed E-state index contributed by atoms with van der Waals surface area (Å²) in [6.07, 6.45) is 1.65. The Kier molecular flexibility index (Phi) is 5.71. The molecule has 0 saturated carbocycles. The maximum Gasteiger partial charge on any atom is 0.350 e. The summed E-state index contributed by atoms with van der Waals surface area (Å²) < 4.78 is 5.25. The summed E-state index contributed by atoms with van der Waals surface area (Å²) in [7, 11) is 3.57. The quantitative estimate of drug-likeness (QED) is 0.334. The number of hydrogen-bond donors (Lipinski definition) is 0. The molecule has 0 aliphatic carbocycles. The summed E-state index contributed by atoms with van der Waals surface area (Å²) in [6.45, 7) is 1.16. The molecule has 1 aromatic carbocycles. The number of ketones is 1. The van der Waals surface area contributed by atoms with E-state index >= 15 is 0 Å². The molecular weight excluding hydrogens is 426 g/mol. The second-order valence-electron chi connectivity index (χ2n) is 7.06. The third kappa shape index (κ3) is 3.72. The average molecular weight is 446 g/mol. The number of esters is 1. The molecule has 0 radical (unpaired) electrons. The molecule has 0 saturated heterocycles. The monoisotopic (exact) mass is 445 g/mol. The molecule has 0 unspecified atom stereocenters. The molecule has 3 heterocycles. The number of rotatable bonds is 5. The summed E-state index contributed by atoms with van der Waals surface area (Å²) >= 11 is 1.15. The second kappa shape index (κ2) is 8.61. The largest absolute Gasteiger partial charge is 0.453 e. The predicted octanol–water partition coefficient (Wildman–Crippen LogP) is 3.56. The van der Waals surface area contributed by atoms with E-state index in [9.17, 15) is 14.9 Å². The zero-order chi connectivity index (χ0) is 22.8. The van der Waals surface area contributed by atoms with Gasteiger partial charge in [-0.2, -0.15) is 5.26 Å². The van der Waals surface area contributed by atoms with Gasteiger partial charge in [-0.15, -0.1) is 11.3 Å². The molecule has 0 N–H and O–H groups in total. The number of aryl methyl sites for hydroxylation is 1. The fraction of sp³-hybridized carbons (Fsp3) is 0.174. The third-order valence-corrected chi connectivity index (χ3v) is 6.21. The molecule has 0 bridgehead atoms. The minimum Gasteiger partial charge on any atom is -0.453 e. The van der Waals surface area contributed by atoms with Crippen LogP contribution in [0.15, 0.2) is 60.1 Å². The summed E-state index contributed by atoms with van der Waals surface area (Å²) in [5.74, 6) is -0.787. The first-order valence-corrected chi connectivity index (χ1v) is 10.5. The topological polar surface area (TPSA) is 99.4 Å². The van der Waals surface area contributed by atoms with Gasteiger partial charge in [-0.1, -0.05) is 18.2 Å². The first kappa shape index (κ1) is 21.2. The molecule has 0 fully saturated rings. The highest BCUT2D eigenvalue weighted by Gasteiger charge is 2.31. The SMILES string of the molecule is Cc1nc(-c2ccccn2)sc1C(=O)OCC(=O)C(C#N)=C1N(C)c2ccccc2N1C. The van der Waals surface area contributed by atoms with E-state index in [-0.39, 0.29) is 5.57 Å². The van der Waals surface area contributed by atoms with Crippen molar-refractivity contribution in [3.63, 3.8) is 0 Å². The molecule has 1 aliphatic heterocycles. The zero-order valence-corrected chi connectivity index (χ0v) is 18.5. The molecular formula is C23H19N5O3S. The summed E-state index contributed by atoms with van der Waals surface area (Å²) in [5.41, 5.74) is 2.83. The first-order chi connectivity index (χ1) is 15.4. The van der Waals surface area contributed by atoms with E-state index in [1.807, 2.05) is 36.4 Å². The second-order valence-corrected chi connectivity index (χ2v) is 8.06. The number of thiazole rings is 1. The van der Waals surface area contributed by atoms with Crippen molar-refractivity contribution in [1.29, 1.82) is 5.26 Å². The van der Waals surface area contributed by atoms with Crippen molar-refractivity contribution in [1.82, 2.24) is 9.97 Å². The van der Waals surface area contributed by atoms with E-state index in [0.717, 1.165) is 22.7 Å². The summed E-state index contributed by atoms with van der Waals surface area (Å²) in [6, 6.07) is 15.0. The van der Waals surface area contributed by atoms with Gasteiger partial charge in [-0.3, -0.25) is 9.78 Å². The Morgan fingerprint density at radius 3 is 2.34 bits per heavy atom. The smallest absolute Gasteiger partial charge is 0.350 e. The molecule has 0 amide bonds. The predicted molar refractivity (Wildman–Crippen MR) is 121 cm³/mol. The van der Waals surface area contributed by atoms with Gasteiger partial charge in [0.2, 0.25) is 5.78 Å². The lowest BCUT2D eigenvalue weighted by molar-refractivity contribution is -0.118. The maximum atomic E-state index is 12.8. The van der Waals surface area contributed by atoms with Gasteiger partial charge < -0.3 is 14.5 Å². The van der Waals surface area contributed by atoms with Gasteiger partial charge in [0.15, 0.2) is 6.61 Å². The van der Waals surface area contributed by atoms with Crippen LogP contribution in [0.25, 0.3) is 10.7 Å². The van der Waals surface area contributed by atoms with Gasteiger partial charge >= 0.3 is 5.97 Å². The van der Waals surface area contributed by atoms with E-state index in [4.69, 9.17) is 4.74 Å². The number of ether oxygens (including phenoxy) is 1. The lowest BCUT2D eigenvalue weighted by Crippen LogP contribution is -2.27. The number of anilines is 2. The van der Waals surface area contributed by atoms with Crippen LogP contribution in [0.5, 0.6) is 0 Å². The molecule has 4 rings (SSSR count). The highest BCUT2D eigenvalue weighted by atomic mass is 32.1. The van der Waals surface area contributed by atoms with Crippen LogP contribution in [0.4, 0.5) is 11.4 Å². The van der Waals surface area contributed by atoms with Gasteiger partial charge in [0.25, 0.3) is 0 Å². The molecule has 0 spiro atoms. The van der Waals surface area contributed by atoms with Crippen molar-refractivity contribution in [2.45, 2.75) is 6.92 Å². The van der Waals surface area contributed by atoms with Crippen LogP contribution in [0, 0.1) is 18.3 Å². The number of nitriles is 1. The fourth-order valence-electron chi connectivity index (χ4n) is 3.51. The Bertz CT molecular complexity index is 1250. The Labute approximate surface area is 189 Å². The van der Waals surface area contributed by atoms with E-state index < -0.39 is 18.4 Å². The lowest BCUT2D eigenvalue weighted by atomic mass is 10.2. The van der Waals surface area contributed by atoms with E-state index in [2.05, 4.69) is 9.97 Å². The van der Waals surface area contributed by atoms with Crippen LogP contribution >= 0.6 is 11.3 Å². The van der Waals surface area contributed by atoms with Crippen molar-refractivity contribution >= 4 is 34.5 Å². The van der Waals surface area contributed by atoms with Crippen LogP contribution in [0.1, 0.15) is 15.4 Å². The summed E-state index contributed by atoms with van der Waals surface area (Å²) in [5, 5.41) is 10.3. The number of fused-ring (bicyclic) bond motifs is 1. The standard InChI is InChI=1S/C23H19N5O3S/c1-14-20(32-21(26-14)16-8-6-7-11-25-16)23(30)31-13-19(29)15(12-24)22-27(2)17-9-4-5-10-18(17)28(22)3/h4-11H,13H2,1-3H3. The van der Waals surface area contributed by atoms with Crippen LogP contribution in [0.3, 0.4) is 0 Å². The Balaban J connectivity index is 1.51. The number of aromatic nitrogens is 2. The van der Waals surface area contributed by atoms with Crippen LogP contribution in [-0.4, -0.2) is 42.4 Å². The highest BCUT2D eigenvalue weighted by Crippen LogP contribution is 2.40. The van der Waals surface area contributed by atoms with Crippen molar-refractivity contribution in [3.05, 3.63) is 70.6 Å². The van der Waals surface area contributed by atoms with E-state index in [1.54, 1.807) is 49.1 Å². The molecule has 0 atom stereocenters. The average Bonchev–Trinajstić information content (AvgIpc) is 3.32. The molecule has 3 aromatic rings. The lowest BCUT2D eigenvalue weighted by Gasteiger charge is -2.19. The third-order valence-electron chi connectivity index (χ3n) is 5.05. The van der Waals surface area contributed by atoms with Crippen molar-refractivity contribution in [2.24, 2.45) is 0 Å². The molecule has 1 aliphatic rings. The van der Waals surface area contributed by atoms with Crippen LogP contribution < -0.4 is 9.80 Å². The zero-order valence-electron chi connectivity index (χ0n) is 17.7. The molecule has 2 aromatic heterocycles. The number of benzene rings is 1. The molecule has 8 nitrogen and oxygen atoms in total. The van der Waals surface area contributed by atoms with Crippen LogP contribution in [0.2, 0.25) is 0 Å². The number of Topliss-reactive ketones (excluding diaryl/α,β-unsaturated/α-hetero) is 1. The Morgan fingerprint density at radius 2 is 1.75 bits per heavy atom. The van der Waals surface area contributed by atoms with Gasteiger partial charge in [0, 0.05) is 20.3 Å². The van der Waals surface area contributed by atoms with Crippen molar-refractivity contribution in [2.75, 3.05) is 30.5 Å². The molecule has 32 heavy (non-hydrogen) atoms. The normalized spacial score (nSPS) is 12.4. The maximum absolute atomic E-state index is 12.8. The highest BCUT2D eigenvalue weighted by molar-refractivity contribution is 7.17.